The van der Waals surface area contributed by atoms with Crippen molar-refractivity contribution in [2.24, 2.45) is 5.73 Å². The van der Waals surface area contributed by atoms with Gasteiger partial charge in [0.15, 0.2) is 0 Å². The van der Waals surface area contributed by atoms with Crippen molar-refractivity contribution in [3.05, 3.63) is 28.8 Å². The maximum Gasteiger partial charge on any atom is 0.248 e. The second-order valence-electron chi connectivity index (χ2n) is 4.83. The Morgan fingerprint density at radius 2 is 2.00 bits per heavy atom. The van der Waals surface area contributed by atoms with Crippen LogP contribution >= 0.6 is 11.6 Å². The highest BCUT2D eigenvalue weighted by molar-refractivity contribution is 6.31. The van der Waals surface area contributed by atoms with Crippen molar-refractivity contribution in [1.82, 2.24) is 0 Å². The first-order chi connectivity index (χ1) is 8.18. The standard InChI is InChI=1S/C13H15ClN2O/c14-8-5-6-11-10(7-8)12(15)13(17)16(11)9-3-1-2-4-9/h5-7,9,12H,1-4,15H2/t12-/m0/s1. The third kappa shape index (κ3) is 1.65. The van der Waals surface area contributed by atoms with Crippen LogP contribution in [0.15, 0.2) is 18.2 Å². The lowest BCUT2D eigenvalue weighted by atomic mass is 10.1. The molecule has 1 atom stereocenters. The van der Waals surface area contributed by atoms with Gasteiger partial charge in [-0.25, -0.2) is 0 Å². The number of carbonyl (C=O) groups excluding carboxylic acids is 1. The molecule has 1 fully saturated rings. The summed E-state index contributed by atoms with van der Waals surface area (Å²) >= 11 is 5.96. The lowest BCUT2D eigenvalue weighted by Crippen LogP contribution is -2.38. The zero-order valence-electron chi connectivity index (χ0n) is 9.53. The number of nitrogens with zero attached hydrogens (tertiary/aromatic N) is 1. The van der Waals surface area contributed by atoms with Crippen molar-refractivity contribution in [2.75, 3.05) is 4.90 Å². The van der Waals surface area contributed by atoms with Crippen LogP contribution in [0.1, 0.15) is 37.3 Å². The summed E-state index contributed by atoms with van der Waals surface area (Å²) in [6, 6.07) is 5.35. The van der Waals surface area contributed by atoms with Gasteiger partial charge in [0.25, 0.3) is 0 Å². The van der Waals surface area contributed by atoms with Gasteiger partial charge in [-0.1, -0.05) is 24.4 Å². The first kappa shape index (κ1) is 11.1. The molecule has 1 amide bonds. The van der Waals surface area contributed by atoms with Crippen molar-refractivity contribution in [2.45, 2.75) is 37.8 Å². The summed E-state index contributed by atoms with van der Waals surface area (Å²) in [5.74, 6) is 0.0224. The number of carbonyl (C=O) groups is 1. The fraction of sp³-hybridized carbons (Fsp3) is 0.462. The van der Waals surface area contributed by atoms with Crippen molar-refractivity contribution < 1.29 is 4.79 Å². The average Bonchev–Trinajstić information content (AvgIpc) is 2.90. The SMILES string of the molecule is N[C@@H]1C(=O)N(C2CCCC2)c2ccc(Cl)cc21. The molecule has 3 rings (SSSR count). The molecular formula is C13H15ClN2O. The van der Waals surface area contributed by atoms with Crippen LogP contribution in [0.2, 0.25) is 5.02 Å². The van der Waals surface area contributed by atoms with Gasteiger partial charge in [-0.2, -0.15) is 0 Å². The van der Waals surface area contributed by atoms with Crippen LogP contribution in [0.4, 0.5) is 5.69 Å². The van der Waals surface area contributed by atoms with Gasteiger partial charge in [-0.15, -0.1) is 0 Å². The number of hydrogen-bond donors (Lipinski definition) is 1. The molecule has 1 saturated carbocycles. The molecule has 17 heavy (non-hydrogen) atoms. The molecule has 0 spiro atoms. The zero-order chi connectivity index (χ0) is 12.0. The maximum absolute atomic E-state index is 12.2. The van der Waals surface area contributed by atoms with Crippen LogP contribution < -0.4 is 10.6 Å². The minimum Gasteiger partial charge on any atom is -0.316 e. The normalized spacial score (nSPS) is 24.5. The van der Waals surface area contributed by atoms with Crippen molar-refractivity contribution in [1.29, 1.82) is 0 Å². The Morgan fingerprint density at radius 1 is 1.29 bits per heavy atom. The number of hydrogen-bond acceptors (Lipinski definition) is 2. The average molecular weight is 251 g/mol. The summed E-state index contributed by atoms with van der Waals surface area (Å²) in [6.45, 7) is 0. The van der Waals surface area contributed by atoms with Crippen LogP contribution in [0.3, 0.4) is 0 Å². The van der Waals surface area contributed by atoms with Gasteiger partial charge in [0, 0.05) is 22.3 Å². The molecule has 1 aromatic rings. The summed E-state index contributed by atoms with van der Waals surface area (Å²) in [4.78, 5) is 14.1. The highest BCUT2D eigenvalue weighted by atomic mass is 35.5. The van der Waals surface area contributed by atoms with E-state index in [0.717, 1.165) is 24.1 Å². The molecule has 3 nitrogen and oxygen atoms in total. The number of fused-ring (bicyclic) bond motifs is 1. The number of amides is 1. The van der Waals surface area contributed by atoms with Crippen LogP contribution in [-0.4, -0.2) is 11.9 Å². The monoisotopic (exact) mass is 250 g/mol. The third-order valence-electron chi connectivity index (χ3n) is 3.78. The smallest absolute Gasteiger partial charge is 0.248 e. The molecule has 1 heterocycles. The van der Waals surface area contributed by atoms with Gasteiger partial charge in [0.2, 0.25) is 5.91 Å². The molecule has 1 aliphatic carbocycles. The minimum absolute atomic E-state index is 0.0224. The van der Waals surface area contributed by atoms with Gasteiger partial charge < -0.3 is 10.6 Å². The fourth-order valence-electron chi connectivity index (χ4n) is 2.93. The summed E-state index contributed by atoms with van der Waals surface area (Å²) in [5, 5.41) is 0.639. The zero-order valence-corrected chi connectivity index (χ0v) is 10.3. The summed E-state index contributed by atoms with van der Waals surface area (Å²) in [5.41, 5.74) is 7.79. The third-order valence-corrected chi connectivity index (χ3v) is 4.01. The molecule has 0 unspecified atom stereocenters. The van der Waals surface area contributed by atoms with E-state index in [2.05, 4.69) is 0 Å². The lowest BCUT2D eigenvalue weighted by molar-refractivity contribution is -0.119. The molecule has 2 aliphatic rings. The molecule has 2 N–H and O–H groups in total. The van der Waals surface area contributed by atoms with Crippen LogP contribution in [0.5, 0.6) is 0 Å². The minimum atomic E-state index is -0.538. The van der Waals surface area contributed by atoms with Crippen molar-refractivity contribution in [3.63, 3.8) is 0 Å². The maximum atomic E-state index is 12.2. The molecule has 1 aliphatic heterocycles. The first-order valence-corrected chi connectivity index (χ1v) is 6.44. The van der Waals surface area contributed by atoms with E-state index in [0.29, 0.717) is 11.1 Å². The quantitative estimate of drug-likeness (QED) is 0.833. The first-order valence-electron chi connectivity index (χ1n) is 6.06. The second kappa shape index (κ2) is 4.00. The van der Waals surface area contributed by atoms with Gasteiger partial charge in [-0.05, 0) is 31.0 Å². The van der Waals surface area contributed by atoms with E-state index >= 15 is 0 Å². The Labute approximate surface area is 106 Å². The molecular weight excluding hydrogens is 236 g/mol. The van der Waals surface area contributed by atoms with Crippen molar-refractivity contribution in [3.8, 4) is 0 Å². The Hall–Kier alpha value is -1.06. The Bertz CT molecular complexity index is 468. The van der Waals surface area contributed by atoms with Gasteiger partial charge in [0.05, 0.1) is 0 Å². The molecule has 4 heteroatoms. The van der Waals surface area contributed by atoms with Gasteiger partial charge in [0.1, 0.15) is 6.04 Å². The summed E-state index contributed by atoms with van der Waals surface area (Å²) in [6.07, 6.45) is 4.57. The van der Waals surface area contributed by atoms with E-state index in [-0.39, 0.29) is 5.91 Å². The van der Waals surface area contributed by atoms with E-state index in [9.17, 15) is 4.79 Å². The van der Waals surface area contributed by atoms with Crippen LogP contribution in [-0.2, 0) is 4.79 Å². The molecule has 0 bridgehead atoms. The highest BCUT2D eigenvalue weighted by Gasteiger charge is 2.39. The van der Waals surface area contributed by atoms with E-state index < -0.39 is 6.04 Å². The van der Waals surface area contributed by atoms with E-state index in [1.54, 1.807) is 0 Å². The van der Waals surface area contributed by atoms with Crippen LogP contribution in [0, 0.1) is 0 Å². The number of anilines is 1. The Kier molecular flexibility index (Phi) is 2.60. The predicted octanol–water partition coefficient (Wildman–Crippen LogP) is 2.63. The second-order valence-corrected chi connectivity index (χ2v) is 5.26. The Morgan fingerprint density at radius 3 is 2.71 bits per heavy atom. The van der Waals surface area contributed by atoms with E-state index in [1.165, 1.54) is 12.8 Å². The number of rotatable bonds is 1. The largest absolute Gasteiger partial charge is 0.316 e. The number of halogens is 1. The lowest BCUT2D eigenvalue weighted by Gasteiger charge is -2.24. The van der Waals surface area contributed by atoms with Crippen LogP contribution in [0.25, 0.3) is 0 Å². The predicted molar refractivity (Wildman–Crippen MR) is 68.1 cm³/mol. The topological polar surface area (TPSA) is 46.3 Å². The molecule has 90 valence electrons. The number of benzene rings is 1. The molecule has 1 aromatic carbocycles. The highest BCUT2D eigenvalue weighted by Crippen LogP contribution is 2.40. The number of nitrogens with two attached hydrogens (primary N) is 1. The summed E-state index contributed by atoms with van der Waals surface area (Å²) in [7, 11) is 0. The van der Waals surface area contributed by atoms with E-state index in [1.807, 2.05) is 23.1 Å². The Balaban J connectivity index is 2.04. The fourth-order valence-corrected chi connectivity index (χ4v) is 3.12. The van der Waals surface area contributed by atoms with Gasteiger partial charge >= 0.3 is 0 Å². The van der Waals surface area contributed by atoms with Crippen molar-refractivity contribution >= 4 is 23.2 Å². The molecule has 0 saturated heterocycles. The summed E-state index contributed by atoms with van der Waals surface area (Å²) < 4.78 is 0. The molecule has 0 radical (unpaired) electrons. The van der Waals surface area contributed by atoms with E-state index in [4.69, 9.17) is 17.3 Å². The van der Waals surface area contributed by atoms with Gasteiger partial charge in [-0.3, -0.25) is 4.79 Å². The molecule has 0 aromatic heterocycles.